The summed E-state index contributed by atoms with van der Waals surface area (Å²) >= 11 is 0. The highest BCUT2D eigenvalue weighted by atomic mass is 32.2. The lowest BCUT2D eigenvalue weighted by atomic mass is 10.1. The Morgan fingerprint density at radius 3 is 2.47 bits per heavy atom. The molecular formula is C11H17N3O4S. The summed E-state index contributed by atoms with van der Waals surface area (Å²) < 4.78 is 24.9. The second kappa shape index (κ2) is 5.98. The number of nitrogens with zero attached hydrogens (tertiary/aromatic N) is 2. The molecule has 0 fully saturated rings. The average molecular weight is 287 g/mol. The van der Waals surface area contributed by atoms with Gasteiger partial charge in [-0.15, -0.1) is 0 Å². The van der Waals surface area contributed by atoms with Crippen molar-refractivity contribution in [3.63, 3.8) is 0 Å². The summed E-state index contributed by atoms with van der Waals surface area (Å²) in [5.74, 6) is 0. The van der Waals surface area contributed by atoms with Crippen LogP contribution in [0.3, 0.4) is 0 Å². The van der Waals surface area contributed by atoms with E-state index in [1.807, 2.05) is 19.0 Å². The summed E-state index contributed by atoms with van der Waals surface area (Å²) in [7, 11) is 0.347. The van der Waals surface area contributed by atoms with E-state index in [-0.39, 0.29) is 5.69 Å². The van der Waals surface area contributed by atoms with Gasteiger partial charge in [-0.1, -0.05) is 0 Å². The molecule has 0 atom stereocenters. The first kappa shape index (κ1) is 15.4. The first-order chi connectivity index (χ1) is 8.69. The summed E-state index contributed by atoms with van der Waals surface area (Å²) in [4.78, 5) is 12.2. The number of hydrogen-bond donors (Lipinski definition) is 1. The highest BCUT2D eigenvalue weighted by molar-refractivity contribution is 7.92. The summed E-state index contributed by atoms with van der Waals surface area (Å²) in [5.41, 5.74) is 0.941. The molecule has 0 saturated heterocycles. The van der Waals surface area contributed by atoms with Crippen LogP contribution in [0.5, 0.6) is 0 Å². The van der Waals surface area contributed by atoms with Crippen LogP contribution in [0.25, 0.3) is 0 Å². The van der Waals surface area contributed by atoms with Crippen molar-refractivity contribution in [1.29, 1.82) is 0 Å². The van der Waals surface area contributed by atoms with Crippen LogP contribution in [0.15, 0.2) is 18.2 Å². The van der Waals surface area contributed by atoms with Gasteiger partial charge in [-0.3, -0.25) is 14.8 Å². The number of rotatable bonds is 6. The van der Waals surface area contributed by atoms with E-state index in [1.54, 1.807) is 0 Å². The maximum Gasteiger partial charge on any atom is 0.269 e. The van der Waals surface area contributed by atoms with Gasteiger partial charge in [0, 0.05) is 18.7 Å². The molecule has 0 spiro atoms. The molecule has 19 heavy (non-hydrogen) atoms. The van der Waals surface area contributed by atoms with Gasteiger partial charge in [0.2, 0.25) is 10.0 Å². The zero-order valence-electron chi connectivity index (χ0n) is 11.1. The number of sulfonamides is 1. The van der Waals surface area contributed by atoms with Crippen LogP contribution in [0.1, 0.15) is 5.56 Å². The third-order valence-electron chi connectivity index (χ3n) is 2.42. The predicted octanol–water partition coefficient (Wildman–Crippen LogP) is 1.07. The normalized spacial score (nSPS) is 11.6. The fourth-order valence-corrected chi connectivity index (χ4v) is 2.14. The van der Waals surface area contributed by atoms with Gasteiger partial charge in [0.1, 0.15) is 0 Å². The van der Waals surface area contributed by atoms with Crippen molar-refractivity contribution in [2.75, 3.05) is 31.6 Å². The molecule has 0 amide bonds. The van der Waals surface area contributed by atoms with Crippen molar-refractivity contribution >= 4 is 21.4 Å². The highest BCUT2D eigenvalue weighted by Crippen LogP contribution is 2.23. The maximum absolute atomic E-state index is 11.3. The number of nitro benzene ring substituents is 1. The van der Waals surface area contributed by atoms with Crippen molar-refractivity contribution in [2.45, 2.75) is 6.42 Å². The molecule has 0 saturated carbocycles. The number of hydrogen-bond acceptors (Lipinski definition) is 5. The fourth-order valence-electron chi connectivity index (χ4n) is 1.54. The van der Waals surface area contributed by atoms with Gasteiger partial charge in [0.25, 0.3) is 5.69 Å². The zero-order valence-corrected chi connectivity index (χ0v) is 11.9. The van der Waals surface area contributed by atoms with Crippen molar-refractivity contribution in [3.8, 4) is 0 Å². The van der Waals surface area contributed by atoms with Crippen molar-refractivity contribution in [3.05, 3.63) is 33.9 Å². The van der Waals surface area contributed by atoms with Crippen LogP contribution < -0.4 is 4.72 Å². The lowest BCUT2D eigenvalue weighted by Gasteiger charge is -2.13. The molecule has 8 heteroatoms. The minimum absolute atomic E-state index is 0.0483. The van der Waals surface area contributed by atoms with Crippen LogP contribution >= 0.6 is 0 Å². The molecule has 7 nitrogen and oxygen atoms in total. The van der Waals surface area contributed by atoms with E-state index >= 15 is 0 Å². The highest BCUT2D eigenvalue weighted by Gasteiger charge is 2.13. The minimum Gasteiger partial charge on any atom is -0.309 e. The molecular weight excluding hydrogens is 270 g/mol. The van der Waals surface area contributed by atoms with Gasteiger partial charge in [0.15, 0.2) is 0 Å². The second-order valence-corrected chi connectivity index (χ2v) is 6.27. The first-order valence-electron chi connectivity index (χ1n) is 5.59. The van der Waals surface area contributed by atoms with Crippen molar-refractivity contribution in [1.82, 2.24) is 4.90 Å². The van der Waals surface area contributed by atoms with Crippen molar-refractivity contribution < 1.29 is 13.3 Å². The molecule has 1 rings (SSSR count). The predicted molar refractivity (Wildman–Crippen MR) is 73.8 cm³/mol. The summed E-state index contributed by atoms with van der Waals surface area (Å²) in [6, 6.07) is 4.11. The Hall–Kier alpha value is -1.67. The van der Waals surface area contributed by atoms with Gasteiger partial charge in [0.05, 0.1) is 16.9 Å². The largest absolute Gasteiger partial charge is 0.309 e. The van der Waals surface area contributed by atoms with Crippen LogP contribution in [-0.4, -0.2) is 45.1 Å². The van der Waals surface area contributed by atoms with Crippen LogP contribution in [0.2, 0.25) is 0 Å². The summed E-state index contributed by atoms with van der Waals surface area (Å²) in [6.45, 7) is 0.666. The van der Waals surface area contributed by atoms with E-state index < -0.39 is 14.9 Å². The molecule has 1 N–H and O–H groups in total. The summed E-state index contributed by atoms with van der Waals surface area (Å²) in [6.07, 6.45) is 1.57. The zero-order chi connectivity index (χ0) is 14.6. The summed E-state index contributed by atoms with van der Waals surface area (Å²) in [5, 5.41) is 10.7. The molecule has 0 aromatic heterocycles. The number of likely N-dealkylation sites (N-methyl/N-ethyl adjacent to an activating group) is 1. The molecule has 0 aliphatic carbocycles. The van der Waals surface area contributed by atoms with Gasteiger partial charge in [-0.25, -0.2) is 8.42 Å². The van der Waals surface area contributed by atoms with E-state index in [4.69, 9.17) is 0 Å². The van der Waals surface area contributed by atoms with E-state index in [0.717, 1.165) is 6.26 Å². The first-order valence-corrected chi connectivity index (χ1v) is 7.48. The molecule has 1 aromatic rings. The SMILES string of the molecule is CN(C)CCc1cc([N+](=O)[O-])ccc1NS(C)(=O)=O. The number of anilines is 1. The number of non-ortho nitro benzene ring substituents is 1. The van der Waals surface area contributed by atoms with Crippen LogP contribution in [-0.2, 0) is 16.4 Å². The van der Waals surface area contributed by atoms with E-state index in [2.05, 4.69) is 4.72 Å². The quantitative estimate of drug-likeness (QED) is 0.624. The molecule has 0 aliphatic rings. The monoisotopic (exact) mass is 287 g/mol. The van der Waals surface area contributed by atoms with Gasteiger partial charge in [-0.2, -0.15) is 0 Å². The van der Waals surface area contributed by atoms with Crippen LogP contribution in [0.4, 0.5) is 11.4 Å². The minimum atomic E-state index is -3.40. The Kier molecular flexibility index (Phi) is 4.84. The molecule has 0 heterocycles. The molecule has 0 unspecified atom stereocenters. The topological polar surface area (TPSA) is 92.5 Å². The number of nitro groups is 1. The fraction of sp³-hybridized carbons (Fsp3) is 0.455. The lowest BCUT2D eigenvalue weighted by molar-refractivity contribution is -0.384. The lowest BCUT2D eigenvalue weighted by Crippen LogP contribution is -2.17. The van der Waals surface area contributed by atoms with Gasteiger partial charge < -0.3 is 4.90 Å². The Bertz CT molecular complexity index is 569. The standard InChI is InChI=1S/C11H17N3O4S/c1-13(2)7-6-9-8-10(14(15)16)4-5-11(9)12-19(3,17)18/h4-5,8,12H,6-7H2,1-3H3. The van der Waals surface area contributed by atoms with Crippen LogP contribution in [0, 0.1) is 10.1 Å². The van der Waals surface area contributed by atoms with E-state index in [1.165, 1.54) is 18.2 Å². The van der Waals surface area contributed by atoms with E-state index in [9.17, 15) is 18.5 Å². The molecule has 0 radical (unpaired) electrons. The second-order valence-electron chi connectivity index (χ2n) is 4.53. The van der Waals surface area contributed by atoms with Crippen molar-refractivity contribution in [2.24, 2.45) is 0 Å². The molecule has 106 valence electrons. The Balaban J connectivity index is 3.10. The Morgan fingerprint density at radius 2 is 2.00 bits per heavy atom. The maximum atomic E-state index is 11.3. The molecule has 1 aromatic carbocycles. The average Bonchev–Trinajstić information content (AvgIpc) is 2.25. The Morgan fingerprint density at radius 1 is 1.37 bits per heavy atom. The number of nitrogens with one attached hydrogen (secondary N) is 1. The number of benzene rings is 1. The molecule has 0 aliphatic heterocycles. The van der Waals surface area contributed by atoms with E-state index in [0.29, 0.717) is 24.2 Å². The third kappa shape index (κ3) is 5.23. The van der Waals surface area contributed by atoms with Gasteiger partial charge in [-0.05, 0) is 32.1 Å². The molecule has 0 bridgehead atoms. The smallest absolute Gasteiger partial charge is 0.269 e. The third-order valence-corrected chi connectivity index (χ3v) is 3.01. The van der Waals surface area contributed by atoms with Gasteiger partial charge >= 0.3 is 0 Å². The Labute approximate surface area is 112 Å².